The second kappa shape index (κ2) is 5.20. The third-order valence-corrected chi connectivity index (χ3v) is 4.54. The van der Waals surface area contributed by atoms with Crippen LogP contribution in [0.2, 0.25) is 5.02 Å². The Morgan fingerprint density at radius 2 is 2.11 bits per heavy atom. The molecule has 8 heteroatoms. The summed E-state index contributed by atoms with van der Waals surface area (Å²) < 4.78 is 28.1. The lowest BCUT2D eigenvalue weighted by Crippen LogP contribution is -2.23. The number of rotatable bonds is 4. The molecule has 6 nitrogen and oxygen atoms in total. The molecule has 0 saturated heterocycles. The van der Waals surface area contributed by atoms with Crippen molar-refractivity contribution in [3.63, 3.8) is 0 Å². The van der Waals surface area contributed by atoms with Crippen LogP contribution in [0.3, 0.4) is 0 Å². The van der Waals surface area contributed by atoms with Crippen LogP contribution >= 0.6 is 11.6 Å². The Balaban J connectivity index is 2.19. The van der Waals surface area contributed by atoms with E-state index in [-0.39, 0.29) is 16.5 Å². The van der Waals surface area contributed by atoms with E-state index in [4.69, 9.17) is 17.3 Å². The Bertz CT molecular complexity index is 696. The zero-order chi connectivity index (χ0) is 14.0. The number of nitrogens with two attached hydrogens (primary N) is 1. The molecule has 0 aliphatic rings. The lowest BCUT2D eigenvalue weighted by atomic mass is 10.3. The number of nitrogens with zero attached hydrogens (tertiary/aromatic N) is 2. The minimum absolute atomic E-state index is 0.0409. The zero-order valence-corrected chi connectivity index (χ0v) is 11.7. The maximum Gasteiger partial charge on any atom is 0.242 e. The normalized spacial score (nSPS) is 11.7. The van der Waals surface area contributed by atoms with Crippen LogP contribution < -0.4 is 10.5 Å². The average molecular weight is 301 g/mol. The van der Waals surface area contributed by atoms with Crippen LogP contribution in [0.15, 0.2) is 35.4 Å². The molecule has 1 heterocycles. The molecule has 2 aromatic rings. The van der Waals surface area contributed by atoms with Gasteiger partial charge in [0, 0.05) is 19.2 Å². The maximum absolute atomic E-state index is 12.1. The number of hydrogen-bond acceptors (Lipinski definition) is 4. The summed E-state index contributed by atoms with van der Waals surface area (Å²) >= 11 is 5.87. The summed E-state index contributed by atoms with van der Waals surface area (Å²) in [7, 11) is -1.99. The number of halogens is 1. The van der Waals surface area contributed by atoms with Crippen molar-refractivity contribution in [2.75, 3.05) is 5.73 Å². The first-order chi connectivity index (χ1) is 8.92. The number of nitrogens with one attached hydrogen (secondary N) is 1. The molecular formula is C11H13ClN4O2S. The standard InChI is InChI=1S/C11H13ClN4O2S/c1-16-11(13)8(6-14-16)7-15-19(17,18)10-5-3-2-4-9(10)12/h2-6,15H,7,13H2,1H3. The Morgan fingerprint density at radius 3 is 2.68 bits per heavy atom. The van der Waals surface area contributed by atoms with Gasteiger partial charge in [-0.25, -0.2) is 13.1 Å². The summed E-state index contributed by atoms with van der Waals surface area (Å²) in [6.45, 7) is 0.0627. The predicted molar refractivity (Wildman–Crippen MR) is 73.1 cm³/mol. The largest absolute Gasteiger partial charge is 0.384 e. The van der Waals surface area contributed by atoms with Crippen molar-refractivity contribution in [2.45, 2.75) is 11.4 Å². The van der Waals surface area contributed by atoms with Gasteiger partial charge in [-0.2, -0.15) is 5.10 Å². The van der Waals surface area contributed by atoms with Crippen molar-refractivity contribution < 1.29 is 8.42 Å². The van der Waals surface area contributed by atoms with Gasteiger partial charge in [0.25, 0.3) is 0 Å². The van der Waals surface area contributed by atoms with Crippen molar-refractivity contribution in [3.05, 3.63) is 41.0 Å². The molecule has 0 saturated carbocycles. The van der Waals surface area contributed by atoms with Gasteiger partial charge in [0.2, 0.25) is 10.0 Å². The smallest absolute Gasteiger partial charge is 0.242 e. The quantitative estimate of drug-likeness (QED) is 0.886. The van der Waals surface area contributed by atoms with E-state index in [2.05, 4.69) is 9.82 Å². The summed E-state index contributed by atoms with van der Waals surface area (Å²) in [6.07, 6.45) is 1.52. The first-order valence-corrected chi connectivity index (χ1v) is 7.28. The van der Waals surface area contributed by atoms with Gasteiger partial charge in [-0.1, -0.05) is 23.7 Å². The van der Waals surface area contributed by atoms with Crippen molar-refractivity contribution in [1.82, 2.24) is 14.5 Å². The molecule has 1 aromatic heterocycles. The Morgan fingerprint density at radius 1 is 1.42 bits per heavy atom. The summed E-state index contributed by atoms with van der Waals surface area (Å²) in [4.78, 5) is 0.0409. The number of sulfonamides is 1. The van der Waals surface area contributed by atoms with Crippen LogP contribution in [0.4, 0.5) is 5.82 Å². The minimum atomic E-state index is -3.67. The molecule has 0 amide bonds. The molecule has 0 atom stereocenters. The van der Waals surface area contributed by atoms with Gasteiger partial charge in [-0.05, 0) is 12.1 Å². The van der Waals surface area contributed by atoms with Crippen molar-refractivity contribution in [2.24, 2.45) is 7.05 Å². The summed E-state index contributed by atoms with van der Waals surface area (Å²) in [5.74, 6) is 0.418. The third-order valence-electron chi connectivity index (χ3n) is 2.64. The van der Waals surface area contributed by atoms with E-state index >= 15 is 0 Å². The second-order valence-electron chi connectivity index (χ2n) is 3.93. The van der Waals surface area contributed by atoms with E-state index in [1.54, 1.807) is 19.2 Å². The monoisotopic (exact) mass is 300 g/mol. The summed E-state index contributed by atoms with van der Waals surface area (Å²) in [5.41, 5.74) is 6.35. The highest BCUT2D eigenvalue weighted by molar-refractivity contribution is 7.89. The van der Waals surface area contributed by atoms with Gasteiger partial charge < -0.3 is 5.73 Å². The van der Waals surface area contributed by atoms with E-state index < -0.39 is 10.0 Å². The lowest BCUT2D eigenvalue weighted by Gasteiger charge is -2.07. The van der Waals surface area contributed by atoms with Gasteiger partial charge in [-0.3, -0.25) is 4.68 Å². The molecule has 3 N–H and O–H groups in total. The number of aryl methyl sites for hydroxylation is 1. The first-order valence-electron chi connectivity index (χ1n) is 5.42. The van der Waals surface area contributed by atoms with Crippen LogP contribution in [-0.4, -0.2) is 18.2 Å². The molecule has 0 unspecified atom stereocenters. The van der Waals surface area contributed by atoms with Crippen molar-refractivity contribution in [1.29, 1.82) is 0 Å². The average Bonchev–Trinajstić information content (AvgIpc) is 2.68. The van der Waals surface area contributed by atoms with Crippen LogP contribution in [0, 0.1) is 0 Å². The molecule has 1 aromatic carbocycles. The molecule has 2 rings (SSSR count). The maximum atomic E-state index is 12.1. The lowest BCUT2D eigenvalue weighted by molar-refractivity contribution is 0.581. The van der Waals surface area contributed by atoms with Crippen LogP contribution in [0.25, 0.3) is 0 Å². The third kappa shape index (κ3) is 2.89. The number of benzene rings is 1. The predicted octanol–water partition coefficient (Wildman–Crippen LogP) is 1.13. The topological polar surface area (TPSA) is 90.0 Å². The number of anilines is 1. The molecule has 0 aliphatic carbocycles. The van der Waals surface area contributed by atoms with Gasteiger partial charge >= 0.3 is 0 Å². The van der Waals surface area contributed by atoms with E-state index in [0.29, 0.717) is 11.4 Å². The SMILES string of the molecule is Cn1ncc(CNS(=O)(=O)c2ccccc2Cl)c1N. The number of hydrogen-bond donors (Lipinski definition) is 2. The zero-order valence-electron chi connectivity index (χ0n) is 10.2. The number of aromatic nitrogens is 2. The fourth-order valence-electron chi connectivity index (χ4n) is 1.54. The molecule has 102 valence electrons. The fourth-order valence-corrected chi connectivity index (χ4v) is 3.07. The molecule has 19 heavy (non-hydrogen) atoms. The summed E-state index contributed by atoms with van der Waals surface area (Å²) in [6, 6.07) is 6.24. The van der Waals surface area contributed by atoms with E-state index in [1.807, 2.05) is 0 Å². The highest BCUT2D eigenvalue weighted by atomic mass is 35.5. The summed E-state index contributed by atoms with van der Waals surface area (Å²) in [5, 5.41) is 4.11. The van der Waals surface area contributed by atoms with Crippen LogP contribution in [-0.2, 0) is 23.6 Å². The van der Waals surface area contributed by atoms with Crippen molar-refractivity contribution in [3.8, 4) is 0 Å². The second-order valence-corrected chi connectivity index (χ2v) is 6.08. The van der Waals surface area contributed by atoms with Gasteiger partial charge in [0.15, 0.2) is 0 Å². The van der Waals surface area contributed by atoms with E-state index in [9.17, 15) is 8.42 Å². The Kier molecular flexibility index (Phi) is 3.79. The molecule has 0 spiro atoms. The van der Waals surface area contributed by atoms with E-state index in [1.165, 1.54) is 23.0 Å². The molecular weight excluding hydrogens is 288 g/mol. The van der Waals surface area contributed by atoms with E-state index in [0.717, 1.165) is 0 Å². The van der Waals surface area contributed by atoms with Crippen molar-refractivity contribution >= 4 is 27.4 Å². The van der Waals surface area contributed by atoms with Gasteiger partial charge in [0.1, 0.15) is 10.7 Å². The van der Waals surface area contributed by atoms with Gasteiger partial charge in [-0.15, -0.1) is 0 Å². The molecule has 0 fully saturated rings. The van der Waals surface area contributed by atoms with Crippen LogP contribution in [0.5, 0.6) is 0 Å². The highest BCUT2D eigenvalue weighted by Crippen LogP contribution is 2.20. The Hall–Kier alpha value is -1.57. The molecule has 0 bridgehead atoms. The molecule has 0 aliphatic heterocycles. The Labute approximate surface area is 116 Å². The highest BCUT2D eigenvalue weighted by Gasteiger charge is 2.17. The van der Waals surface area contributed by atoms with Gasteiger partial charge in [0.05, 0.1) is 11.2 Å². The molecule has 0 radical (unpaired) electrons. The fraction of sp³-hybridized carbons (Fsp3) is 0.182. The number of nitrogen functional groups attached to an aromatic ring is 1. The van der Waals surface area contributed by atoms with Crippen LogP contribution in [0.1, 0.15) is 5.56 Å². The first kappa shape index (κ1) is 13.9. The minimum Gasteiger partial charge on any atom is -0.384 e.